The summed E-state index contributed by atoms with van der Waals surface area (Å²) in [5.74, 6) is -0.236. The molecule has 3 rings (SSSR count). The summed E-state index contributed by atoms with van der Waals surface area (Å²) in [6.45, 7) is 0.484. The van der Waals surface area contributed by atoms with Crippen molar-refractivity contribution in [3.8, 4) is 0 Å². The van der Waals surface area contributed by atoms with Crippen LogP contribution in [0.4, 0.5) is 0 Å². The fourth-order valence-corrected chi connectivity index (χ4v) is 3.00. The Hall–Kier alpha value is -1.74. The summed E-state index contributed by atoms with van der Waals surface area (Å²) >= 11 is 1.85. The van der Waals surface area contributed by atoms with E-state index < -0.39 is 0 Å². The number of hydrogen-bond donors (Lipinski definition) is 0. The number of carbonyl (C=O) groups is 1. The number of rotatable bonds is 4. The molecule has 1 fully saturated rings. The summed E-state index contributed by atoms with van der Waals surface area (Å²) in [7, 11) is 0. The Labute approximate surface area is 116 Å². The van der Waals surface area contributed by atoms with Gasteiger partial charge < -0.3 is 4.74 Å². The minimum absolute atomic E-state index is 0.236. The number of carbonyl (C=O) groups excluding carboxylic acids is 1. The molecular weight excluding hydrogens is 256 g/mol. The Kier molecular flexibility index (Phi) is 3.56. The van der Waals surface area contributed by atoms with Gasteiger partial charge in [-0.05, 0) is 17.7 Å². The Balaban J connectivity index is 1.51. The second-order valence-corrected chi connectivity index (χ2v) is 5.86. The third-order valence-corrected chi connectivity index (χ3v) is 4.44. The zero-order valence-electron chi connectivity index (χ0n) is 10.4. The minimum Gasteiger partial charge on any atom is -0.461 e. The lowest BCUT2D eigenvalue weighted by atomic mass is 10.1. The first-order chi connectivity index (χ1) is 9.34. The third kappa shape index (κ3) is 2.99. The topological polar surface area (TPSA) is 26.3 Å². The Morgan fingerprint density at radius 1 is 1.00 bits per heavy atom. The van der Waals surface area contributed by atoms with Crippen molar-refractivity contribution in [2.45, 2.75) is 10.5 Å². The molecule has 3 heteroatoms. The van der Waals surface area contributed by atoms with E-state index in [1.807, 2.05) is 48.2 Å². The van der Waals surface area contributed by atoms with E-state index in [-0.39, 0.29) is 5.97 Å². The molecule has 0 spiro atoms. The second kappa shape index (κ2) is 5.49. The zero-order chi connectivity index (χ0) is 13.1. The molecule has 1 aliphatic rings. The lowest BCUT2D eigenvalue weighted by Crippen LogP contribution is -2.09. The number of esters is 1. The minimum atomic E-state index is -0.236. The largest absolute Gasteiger partial charge is 0.461 e. The van der Waals surface area contributed by atoms with Crippen molar-refractivity contribution in [1.29, 1.82) is 0 Å². The van der Waals surface area contributed by atoms with Gasteiger partial charge in [0.15, 0.2) is 0 Å². The summed E-state index contributed by atoms with van der Waals surface area (Å²) < 4.78 is 5.34. The number of hydrogen-bond acceptors (Lipinski definition) is 3. The molecule has 2 unspecified atom stereocenters. The molecule has 0 bridgehead atoms. The van der Waals surface area contributed by atoms with Crippen LogP contribution < -0.4 is 0 Å². The van der Waals surface area contributed by atoms with Gasteiger partial charge >= 0.3 is 5.97 Å². The van der Waals surface area contributed by atoms with Gasteiger partial charge in [0.05, 0.1) is 10.8 Å². The molecule has 96 valence electrons. The van der Waals surface area contributed by atoms with Gasteiger partial charge in [0.1, 0.15) is 6.61 Å². The van der Waals surface area contributed by atoms with E-state index in [1.165, 1.54) is 5.56 Å². The van der Waals surface area contributed by atoms with Crippen LogP contribution in [-0.4, -0.2) is 17.8 Å². The molecule has 2 aromatic carbocycles. The maximum absolute atomic E-state index is 11.8. The molecule has 2 nitrogen and oxygen atoms in total. The van der Waals surface area contributed by atoms with Gasteiger partial charge in [0, 0.05) is 5.25 Å². The van der Waals surface area contributed by atoms with E-state index in [0.29, 0.717) is 22.7 Å². The fourth-order valence-electron chi connectivity index (χ4n) is 2.02. The first kappa shape index (κ1) is 12.3. The van der Waals surface area contributed by atoms with Gasteiger partial charge in [-0.15, -0.1) is 11.8 Å². The van der Waals surface area contributed by atoms with Crippen molar-refractivity contribution in [3.05, 3.63) is 71.8 Å². The van der Waals surface area contributed by atoms with Gasteiger partial charge in [-0.3, -0.25) is 0 Å². The maximum Gasteiger partial charge on any atom is 0.338 e. The summed E-state index contributed by atoms with van der Waals surface area (Å²) in [6, 6.07) is 19.5. The predicted molar refractivity (Wildman–Crippen MR) is 77.3 cm³/mol. The Bertz CT molecular complexity index is 553. The monoisotopic (exact) mass is 270 g/mol. The standard InChI is InChI=1S/C16H14O2S/c17-16(13-9-5-2-6-10-13)18-11-14-15(19-14)12-7-3-1-4-8-12/h1-10,14-15H,11H2. The first-order valence-corrected chi connectivity index (χ1v) is 7.21. The van der Waals surface area contributed by atoms with E-state index >= 15 is 0 Å². The van der Waals surface area contributed by atoms with Crippen LogP contribution in [0.25, 0.3) is 0 Å². The fraction of sp³-hybridized carbons (Fsp3) is 0.188. The highest BCUT2D eigenvalue weighted by Crippen LogP contribution is 2.54. The highest BCUT2D eigenvalue weighted by atomic mass is 32.2. The highest BCUT2D eigenvalue weighted by Gasteiger charge is 2.40. The van der Waals surface area contributed by atoms with Crippen molar-refractivity contribution < 1.29 is 9.53 Å². The molecule has 19 heavy (non-hydrogen) atoms. The van der Waals surface area contributed by atoms with Crippen molar-refractivity contribution in [1.82, 2.24) is 0 Å². The van der Waals surface area contributed by atoms with E-state index in [4.69, 9.17) is 4.74 Å². The summed E-state index contributed by atoms with van der Waals surface area (Å²) in [5, 5.41) is 0.875. The van der Waals surface area contributed by atoms with E-state index in [1.54, 1.807) is 12.1 Å². The number of ether oxygens (including phenoxy) is 1. The van der Waals surface area contributed by atoms with E-state index in [2.05, 4.69) is 12.1 Å². The molecule has 0 aromatic heterocycles. The molecule has 1 aliphatic heterocycles. The highest BCUT2D eigenvalue weighted by molar-refractivity contribution is 8.07. The normalized spacial score (nSPS) is 20.8. The first-order valence-electron chi connectivity index (χ1n) is 6.27. The van der Waals surface area contributed by atoms with Gasteiger partial charge in [-0.25, -0.2) is 4.79 Å². The van der Waals surface area contributed by atoms with Crippen LogP contribution >= 0.6 is 11.8 Å². The van der Waals surface area contributed by atoms with Crippen LogP contribution in [0.15, 0.2) is 60.7 Å². The quantitative estimate of drug-likeness (QED) is 0.626. The Morgan fingerprint density at radius 3 is 2.32 bits per heavy atom. The zero-order valence-corrected chi connectivity index (χ0v) is 11.2. The maximum atomic E-state index is 11.8. The van der Waals surface area contributed by atoms with Crippen LogP contribution in [0.3, 0.4) is 0 Å². The molecule has 0 N–H and O–H groups in total. The van der Waals surface area contributed by atoms with Gasteiger partial charge in [-0.2, -0.15) is 0 Å². The Morgan fingerprint density at radius 2 is 1.63 bits per heavy atom. The molecule has 0 amide bonds. The molecular formula is C16H14O2S. The van der Waals surface area contributed by atoms with Crippen LogP contribution in [-0.2, 0) is 4.74 Å². The third-order valence-electron chi connectivity index (χ3n) is 3.10. The predicted octanol–water partition coefficient (Wildman–Crippen LogP) is 3.70. The molecule has 2 atom stereocenters. The van der Waals surface area contributed by atoms with Gasteiger partial charge in [0.25, 0.3) is 0 Å². The molecule has 0 radical (unpaired) electrons. The molecule has 2 aromatic rings. The average molecular weight is 270 g/mol. The van der Waals surface area contributed by atoms with Crippen molar-refractivity contribution in [2.75, 3.05) is 6.61 Å². The van der Waals surface area contributed by atoms with Crippen molar-refractivity contribution in [3.63, 3.8) is 0 Å². The van der Waals surface area contributed by atoms with Crippen molar-refractivity contribution in [2.24, 2.45) is 0 Å². The van der Waals surface area contributed by atoms with Crippen LogP contribution in [0.2, 0.25) is 0 Å². The molecule has 1 heterocycles. The summed E-state index contributed by atoms with van der Waals surface area (Å²) in [6.07, 6.45) is 0. The summed E-state index contributed by atoms with van der Waals surface area (Å²) in [5.41, 5.74) is 1.93. The summed E-state index contributed by atoms with van der Waals surface area (Å²) in [4.78, 5) is 11.8. The SMILES string of the molecule is O=C(OCC1SC1c1ccccc1)c1ccccc1. The molecule has 0 aliphatic carbocycles. The van der Waals surface area contributed by atoms with Gasteiger partial charge in [0.2, 0.25) is 0 Å². The lowest BCUT2D eigenvalue weighted by Gasteiger charge is -2.03. The number of benzene rings is 2. The number of thioether (sulfide) groups is 1. The smallest absolute Gasteiger partial charge is 0.338 e. The lowest BCUT2D eigenvalue weighted by molar-refractivity contribution is 0.0513. The van der Waals surface area contributed by atoms with E-state index in [9.17, 15) is 4.79 Å². The second-order valence-electron chi connectivity index (χ2n) is 4.47. The molecule has 1 saturated heterocycles. The van der Waals surface area contributed by atoms with E-state index in [0.717, 1.165) is 0 Å². The van der Waals surface area contributed by atoms with Crippen LogP contribution in [0.1, 0.15) is 21.2 Å². The molecule has 0 saturated carbocycles. The van der Waals surface area contributed by atoms with Gasteiger partial charge in [-0.1, -0.05) is 48.5 Å². The van der Waals surface area contributed by atoms with Crippen LogP contribution in [0, 0.1) is 0 Å². The average Bonchev–Trinajstić information content (AvgIpc) is 3.26. The van der Waals surface area contributed by atoms with Crippen molar-refractivity contribution >= 4 is 17.7 Å². The van der Waals surface area contributed by atoms with Crippen LogP contribution in [0.5, 0.6) is 0 Å².